The van der Waals surface area contributed by atoms with Gasteiger partial charge in [0, 0.05) is 0 Å². The number of carboxylic acids is 1. The van der Waals surface area contributed by atoms with Crippen molar-refractivity contribution < 1.29 is 24.2 Å². The highest BCUT2D eigenvalue weighted by Gasteiger charge is 2.20. The van der Waals surface area contributed by atoms with E-state index in [0.717, 1.165) is 6.07 Å². The van der Waals surface area contributed by atoms with Gasteiger partial charge < -0.3 is 15.5 Å². The van der Waals surface area contributed by atoms with Gasteiger partial charge in [0.1, 0.15) is 5.82 Å². The van der Waals surface area contributed by atoms with Gasteiger partial charge in [-0.15, -0.1) is 0 Å². The van der Waals surface area contributed by atoms with Crippen molar-refractivity contribution in [3.05, 3.63) is 35.6 Å². The predicted molar refractivity (Wildman–Crippen MR) is 52.4 cm³/mol. The lowest BCUT2D eigenvalue weighted by Gasteiger charge is -2.11. The fourth-order valence-corrected chi connectivity index (χ4v) is 1.07. The predicted octanol–water partition coefficient (Wildman–Crippen LogP) is 0.001000. The minimum Gasteiger partial charge on any atom is -0.480 e. The van der Waals surface area contributed by atoms with E-state index in [2.05, 4.69) is 0 Å². The van der Waals surface area contributed by atoms with E-state index in [9.17, 15) is 14.0 Å². The highest BCUT2D eigenvalue weighted by Crippen LogP contribution is 2.06. The lowest BCUT2D eigenvalue weighted by Crippen LogP contribution is -2.43. The molecule has 0 fully saturated rings. The Bertz CT molecular complexity index is 408. The summed E-state index contributed by atoms with van der Waals surface area (Å²) in [4.78, 5) is 21.9. The van der Waals surface area contributed by atoms with Gasteiger partial charge in [0.15, 0.2) is 6.04 Å². The largest absolute Gasteiger partial charge is 0.480 e. The van der Waals surface area contributed by atoms with Crippen molar-refractivity contribution in [3.63, 3.8) is 0 Å². The van der Waals surface area contributed by atoms with Gasteiger partial charge in [-0.05, 0) is 12.1 Å². The van der Waals surface area contributed by atoms with Gasteiger partial charge in [0.25, 0.3) is 5.91 Å². The first-order chi connectivity index (χ1) is 7.56. The molecule has 0 heterocycles. The number of aliphatic hydroxyl groups excluding tert-OH is 1. The monoisotopic (exact) mass is 227 g/mol. The maximum absolute atomic E-state index is 13.1. The molecule has 0 saturated carbocycles. The Morgan fingerprint density at radius 1 is 1.38 bits per heavy atom. The number of carboxylic acid groups (broad SMARTS) is 1. The number of aliphatic carboxylic acids is 1. The molecule has 1 rings (SSSR count). The molecule has 5 nitrogen and oxygen atoms in total. The number of carbonyl (C=O) groups excluding carboxylic acids is 1. The summed E-state index contributed by atoms with van der Waals surface area (Å²) < 4.78 is 13.1. The van der Waals surface area contributed by atoms with Crippen LogP contribution in [0.25, 0.3) is 0 Å². The van der Waals surface area contributed by atoms with Gasteiger partial charge >= 0.3 is 5.97 Å². The molecule has 0 spiro atoms. The molecule has 0 radical (unpaired) electrons. The van der Waals surface area contributed by atoms with Gasteiger partial charge in [0.05, 0.1) is 12.2 Å². The van der Waals surface area contributed by atoms with E-state index in [1.165, 1.54) is 18.2 Å². The van der Waals surface area contributed by atoms with Gasteiger partial charge in [0.2, 0.25) is 0 Å². The zero-order valence-electron chi connectivity index (χ0n) is 8.18. The summed E-state index contributed by atoms with van der Waals surface area (Å²) in [7, 11) is 0. The van der Waals surface area contributed by atoms with E-state index in [1.807, 2.05) is 5.32 Å². The van der Waals surface area contributed by atoms with Crippen LogP contribution in [-0.4, -0.2) is 34.7 Å². The van der Waals surface area contributed by atoms with Crippen LogP contribution in [-0.2, 0) is 4.79 Å². The molecule has 86 valence electrons. The van der Waals surface area contributed by atoms with Crippen molar-refractivity contribution in [2.45, 2.75) is 6.04 Å². The van der Waals surface area contributed by atoms with Crippen LogP contribution in [0.5, 0.6) is 0 Å². The van der Waals surface area contributed by atoms with Crippen molar-refractivity contribution in [2.75, 3.05) is 6.61 Å². The highest BCUT2D eigenvalue weighted by molar-refractivity contribution is 5.96. The average molecular weight is 227 g/mol. The lowest BCUT2D eigenvalue weighted by atomic mass is 10.2. The summed E-state index contributed by atoms with van der Waals surface area (Å²) in [6, 6.07) is 3.73. The number of hydrogen-bond acceptors (Lipinski definition) is 3. The number of hydrogen-bond donors (Lipinski definition) is 3. The first kappa shape index (κ1) is 12.1. The molecular formula is C10H10FNO4. The molecule has 0 aliphatic rings. The Labute approximate surface area is 90.5 Å². The number of aliphatic hydroxyl groups is 1. The van der Waals surface area contributed by atoms with Crippen LogP contribution in [0, 0.1) is 5.82 Å². The van der Waals surface area contributed by atoms with Crippen molar-refractivity contribution in [1.82, 2.24) is 5.32 Å². The zero-order chi connectivity index (χ0) is 12.1. The topological polar surface area (TPSA) is 86.6 Å². The van der Waals surface area contributed by atoms with E-state index in [-0.39, 0.29) is 5.56 Å². The number of benzene rings is 1. The highest BCUT2D eigenvalue weighted by atomic mass is 19.1. The van der Waals surface area contributed by atoms with Crippen LogP contribution < -0.4 is 5.32 Å². The summed E-state index contributed by atoms with van der Waals surface area (Å²) in [6.45, 7) is -0.754. The number of rotatable bonds is 4. The van der Waals surface area contributed by atoms with Gasteiger partial charge in [-0.2, -0.15) is 0 Å². The number of nitrogens with one attached hydrogen (secondary N) is 1. The molecule has 0 saturated heterocycles. The van der Waals surface area contributed by atoms with Crippen molar-refractivity contribution in [3.8, 4) is 0 Å². The molecule has 1 atom stereocenters. The molecule has 0 aromatic heterocycles. The van der Waals surface area contributed by atoms with Crippen LogP contribution in [0.1, 0.15) is 10.4 Å². The summed E-state index contributed by atoms with van der Waals surface area (Å²) in [5, 5.41) is 19.2. The van der Waals surface area contributed by atoms with Gasteiger partial charge in [-0.3, -0.25) is 4.79 Å². The third kappa shape index (κ3) is 2.77. The normalized spacial score (nSPS) is 11.9. The third-order valence-corrected chi connectivity index (χ3v) is 1.90. The van der Waals surface area contributed by atoms with Gasteiger partial charge in [-0.1, -0.05) is 12.1 Å². The molecule has 16 heavy (non-hydrogen) atoms. The molecule has 6 heteroatoms. The summed E-state index contributed by atoms with van der Waals surface area (Å²) in [5.74, 6) is -3.01. The van der Waals surface area contributed by atoms with Gasteiger partial charge in [-0.25, -0.2) is 9.18 Å². The Kier molecular flexibility index (Phi) is 3.96. The molecule has 1 aromatic rings. The number of amides is 1. The minimum atomic E-state index is -1.44. The fraction of sp³-hybridized carbons (Fsp3) is 0.200. The Morgan fingerprint density at radius 2 is 2.00 bits per heavy atom. The molecule has 1 aromatic carbocycles. The van der Waals surface area contributed by atoms with Crippen molar-refractivity contribution >= 4 is 11.9 Å². The maximum Gasteiger partial charge on any atom is 0.328 e. The summed E-state index contributed by atoms with van der Waals surface area (Å²) in [6.07, 6.45) is 0. The van der Waals surface area contributed by atoms with Crippen LogP contribution in [0.2, 0.25) is 0 Å². The molecule has 3 N–H and O–H groups in total. The second-order valence-corrected chi connectivity index (χ2v) is 3.03. The molecule has 1 unspecified atom stereocenters. The quantitative estimate of drug-likeness (QED) is 0.675. The molecule has 0 aliphatic heterocycles. The first-order valence-electron chi connectivity index (χ1n) is 4.45. The minimum absolute atomic E-state index is 0.262. The van der Waals surface area contributed by atoms with E-state index < -0.39 is 30.3 Å². The first-order valence-corrected chi connectivity index (χ1v) is 4.45. The smallest absolute Gasteiger partial charge is 0.328 e. The lowest BCUT2D eigenvalue weighted by molar-refractivity contribution is -0.140. The molecule has 0 bridgehead atoms. The average Bonchev–Trinajstić information content (AvgIpc) is 2.25. The SMILES string of the molecule is O=C(NC(CO)C(=O)O)c1ccccc1F. The third-order valence-electron chi connectivity index (χ3n) is 1.90. The van der Waals surface area contributed by atoms with E-state index in [1.54, 1.807) is 0 Å². The second kappa shape index (κ2) is 5.22. The Morgan fingerprint density at radius 3 is 2.50 bits per heavy atom. The maximum atomic E-state index is 13.1. The van der Waals surface area contributed by atoms with Crippen molar-refractivity contribution in [1.29, 1.82) is 0 Å². The second-order valence-electron chi connectivity index (χ2n) is 3.03. The summed E-state index contributed by atoms with van der Waals surface area (Å²) in [5.41, 5.74) is -0.262. The fourth-order valence-electron chi connectivity index (χ4n) is 1.07. The zero-order valence-corrected chi connectivity index (χ0v) is 8.18. The Balaban J connectivity index is 2.80. The molecular weight excluding hydrogens is 217 g/mol. The molecule has 0 aliphatic carbocycles. The number of carbonyl (C=O) groups is 2. The van der Waals surface area contributed by atoms with Crippen molar-refractivity contribution in [2.24, 2.45) is 0 Å². The molecule has 1 amide bonds. The van der Waals surface area contributed by atoms with E-state index in [0.29, 0.717) is 0 Å². The van der Waals surface area contributed by atoms with Crippen LogP contribution in [0.3, 0.4) is 0 Å². The Hall–Kier alpha value is -1.95. The van der Waals surface area contributed by atoms with E-state index in [4.69, 9.17) is 10.2 Å². The van der Waals surface area contributed by atoms with Crippen LogP contribution in [0.4, 0.5) is 4.39 Å². The summed E-state index contributed by atoms with van der Waals surface area (Å²) >= 11 is 0. The van der Waals surface area contributed by atoms with Crippen LogP contribution >= 0.6 is 0 Å². The standard InChI is InChI=1S/C10H10FNO4/c11-7-4-2-1-3-6(7)9(14)12-8(5-13)10(15)16/h1-4,8,13H,5H2,(H,12,14)(H,15,16). The van der Waals surface area contributed by atoms with E-state index >= 15 is 0 Å². The van der Waals surface area contributed by atoms with Crippen LogP contribution in [0.15, 0.2) is 24.3 Å². The number of halogens is 1.